The summed E-state index contributed by atoms with van der Waals surface area (Å²) in [7, 11) is 1.84. The smallest absolute Gasteiger partial charge is 0.227 e. The Hall–Kier alpha value is -1.99. The van der Waals surface area contributed by atoms with Crippen LogP contribution in [0.1, 0.15) is 24.8 Å². The van der Waals surface area contributed by atoms with Crippen molar-refractivity contribution in [1.29, 1.82) is 0 Å². The number of rotatable bonds is 7. The molecule has 132 valence electrons. The summed E-state index contributed by atoms with van der Waals surface area (Å²) in [6.45, 7) is 4.23. The monoisotopic (exact) mass is 356 g/mol. The average molecular weight is 357 g/mol. The highest BCUT2D eigenvalue weighted by Crippen LogP contribution is 2.19. The van der Waals surface area contributed by atoms with Crippen LogP contribution in [0.5, 0.6) is 0 Å². The summed E-state index contributed by atoms with van der Waals surface area (Å²) in [6, 6.07) is 4.85. The fraction of sp³-hybridized carbons (Fsp3) is 0.438. The van der Waals surface area contributed by atoms with Crippen molar-refractivity contribution in [2.24, 2.45) is 0 Å². The molecule has 1 heterocycles. The number of nitrogens with zero attached hydrogens (tertiary/aromatic N) is 2. The average Bonchev–Trinajstić information content (AvgIpc) is 3.02. The summed E-state index contributed by atoms with van der Waals surface area (Å²) in [4.78, 5) is 16.0. The Morgan fingerprint density at radius 1 is 1.42 bits per heavy atom. The number of nitrogens with one attached hydrogen (secondary N) is 2. The van der Waals surface area contributed by atoms with Crippen LogP contribution in [0.15, 0.2) is 22.7 Å². The first-order chi connectivity index (χ1) is 11.0. The molecule has 0 fully saturated rings. The number of carbonyl (C=O) groups excluding carboxylic acids is 1. The van der Waals surface area contributed by atoms with Gasteiger partial charge in [0.25, 0.3) is 0 Å². The van der Waals surface area contributed by atoms with Gasteiger partial charge in [-0.25, -0.2) is 4.39 Å². The first-order valence-corrected chi connectivity index (χ1v) is 7.52. The summed E-state index contributed by atoms with van der Waals surface area (Å²) in [5, 5.41) is 9.74. The second kappa shape index (κ2) is 9.34. The molecule has 1 unspecified atom stereocenters. The third-order valence-electron chi connectivity index (χ3n) is 3.55. The van der Waals surface area contributed by atoms with Crippen molar-refractivity contribution in [2.75, 3.05) is 13.6 Å². The minimum atomic E-state index is -0.273. The number of hydrogen-bond acceptors (Lipinski definition) is 5. The zero-order valence-corrected chi connectivity index (χ0v) is 14.7. The molecule has 0 radical (unpaired) electrons. The minimum Gasteiger partial charge on any atom is -0.355 e. The molecular formula is C16H22ClFN4O2. The first-order valence-electron chi connectivity index (χ1n) is 7.52. The van der Waals surface area contributed by atoms with Crippen molar-refractivity contribution >= 4 is 18.3 Å². The van der Waals surface area contributed by atoms with Gasteiger partial charge in [0.2, 0.25) is 17.6 Å². The van der Waals surface area contributed by atoms with E-state index < -0.39 is 0 Å². The summed E-state index contributed by atoms with van der Waals surface area (Å²) in [5.41, 5.74) is 1.21. The van der Waals surface area contributed by atoms with E-state index in [1.165, 1.54) is 6.07 Å². The molecule has 0 spiro atoms. The third kappa shape index (κ3) is 5.58. The van der Waals surface area contributed by atoms with E-state index in [2.05, 4.69) is 20.8 Å². The van der Waals surface area contributed by atoms with Crippen LogP contribution in [0.25, 0.3) is 11.4 Å². The van der Waals surface area contributed by atoms with Gasteiger partial charge in [-0.05, 0) is 44.7 Å². The zero-order valence-electron chi connectivity index (χ0n) is 13.9. The molecule has 1 atom stereocenters. The van der Waals surface area contributed by atoms with Gasteiger partial charge in [-0.1, -0.05) is 5.16 Å². The zero-order chi connectivity index (χ0) is 16.8. The van der Waals surface area contributed by atoms with E-state index in [4.69, 9.17) is 4.52 Å². The summed E-state index contributed by atoms with van der Waals surface area (Å²) < 4.78 is 18.4. The number of carbonyl (C=O) groups is 1. The Bertz CT molecular complexity index is 678. The van der Waals surface area contributed by atoms with Gasteiger partial charge in [0.05, 0.1) is 0 Å². The normalized spacial score (nSPS) is 11.7. The molecule has 0 saturated heterocycles. The molecule has 0 aliphatic rings. The molecule has 0 bridgehead atoms. The van der Waals surface area contributed by atoms with Crippen LogP contribution in [-0.2, 0) is 11.2 Å². The Morgan fingerprint density at radius 2 is 2.17 bits per heavy atom. The molecule has 1 aromatic heterocycles. The van der Waals surface area contributed by atoms with Gasteiger partial charge in [0.15, 0.2) is 0 Å². The minimum absolute atomic E-state index is 0. The molecule has 0 aliphatic heterocycles. The van der Waals surface area contributed by atoms with E-state index >= 15 is 0 Å². The van der Waals surface area contributed by atoms with Crippen LogP contribution in [0.4, 0.5) is 4.39 Å². The summed E-state index contributed by atoms with van der Waals surface area (Å²) >= 11 is 0. The van der Waals surface area contributed by atoms with Crippen molar-refractivity contribution in [2.45, 2.75) is 32.7 Å². The van der Waals surface area contributed by atoms with Gasteiger partial charge >= 0.3 is 0 Å². The number of aromatic nitrogens is 2. The van der Waals surface area contributed by atoms with E-state index in [1.807, 2.05) is 14.0 Å². The SMILES string of the molecule is CNC(C)CNC(=O)CCc1nc(-c2ccc(F)c(C)c2)no1.Cl. The van der Waals surface area contributed by atoms with Crippen molar-refractivity contribution in [3.8, 4) is 11.4 Å². The van der Waals surface area contributed by atoms with Crippen LogP contribution in [-0.4, -0.2) is 35.7 Å². The standard InChI is InChI=1S/C16H21FN4O2.ClH/c1-10-8-12(4-5-13(10)17)16-20-15(23-21-16)7-6-14(22)19-9-11(2)18-3;/h4-5,8,11,18H,6-7,9H2,1-3H3,(H,19,22);1H. The molecule has 0 aliphatic carbocycles. The lowest BCUT2D eigenvalue weighted by Crippen LogP contribution is -2.37. The Kier molecular flexibility index (Phi) is 7.81. The number of hydrogen-bond donors (Lipinski definition) is 2. The fourth-order valence-electron chi connectivity index (χ4n) is 1.94. The van der Waals surface area contributed by atoms with Gasteiger partial charge in [-0.2, -0.15) is 4.98 Å². The molecule has 2 rings (SSSR count). The summed E-state index contributed by atoms with van der Waals surface area (Å²) in [5.74, 6) is 0.445. The molecule has 8 heteroatoms. The molecular weight excluding hydrogens is 335 g/mol. The van der Waals surface area contributed by atoms with Gasteiger partial charge in [-0.3, -0.25) is 4.79 Å². The molecule has 1 aromatic carbocycles. The Balaban J connectivity index is 0.00000288. The maximum atomic E-state index is 13.3. The lowest BCUT2D eigenvalue weighted by molar-refractivity contribution is -0.121. The number of aryl methyl sites for hydroxylation is 2. The summed E-state index contributed by atoms with van der Waals surface area (Å²) in [6.07, 6.45) is 0.646. The third-order valence-corrected chi connectivity index (χ3v) is 3.55. The van der Waals surface area contributed by atoms with Gasteiger partial charge in [-0.15, -0.1) is 12.4 Å². The van der Waals surface area contributed by atoms with Crippen LogP contribution < -0.4 is 10.6 Å². The molecule has 24 heavy (non-hydrogen) atoms. The fourth-order valence-corrected chi connectivity index (χ4v) is 1.94. The molecule has 1 amide bonds. The van der Waals surface area contributed by atoms with Crippen LogP contribution in [0, 0.1) is 12.7 Å². The van der Waals surface area contributed by atoms with Gasteiger partial charge in [0, 0.05) is 31.0 Å². The van der Waals surface area contributed by atoms with E-state index in [1.54, 1.807) is 19.1 Å². The second-order valence-electron chi connectivity index (χ2n) is 5.47. The predicted molar refractivity (Wildman–Crippen MR) is 91.5 cm³/mol. The van der Waals surface area contributed by atoms with Gasteiger partial charge in [0.1, 0.15) is 5.82 Å². The lowest BCUT2D eigenvalue weighted by Gasteiger charge is -2.10. The largest absolute Gasteiger partial charge is 0.355 e. The van der Waals surface area contributed by atoms with E-state index in [0.717, 1.165) is 0 Å². The van der Waals surface area contributed by atoms with E-state index in [-0.39, 0.29) is 36.6 Å². The highest BCUT2D eigenvalue weighted by Gasteiger charge is 2.12. The highest BCUT2D eigenvalue weighted by atomic mass is 35.5. The van der Waals surface area contributed by atoms with Crippen LogP contribution >= 0.6 is 12.4 Å². The number of halogens is 2. The van der Waals surface area contributed by atoms with Crippen molar-refractivity contribution in [3.63, 3.8) is 0 Å². The molecule has 2 N–H and O–H groups in total. The molecule has 2 aromatic rings. The Labute approximate surface area is 146 Å². The maximum Gasteiger partial charge on any atom is 0.227 e. The highest BCUT2D eigenvalue weighted by molar-refractivity contribution is 5.85. The van der Waals surface area contributed by atoms with Crippen LogP contribution in [0.2, 0.25) is 0 Å². The first kappa shape index (κ1) is 20.1. The van der Waals surface area contributed by atoms with Crippen molar-refractivity contribution in [3.05, 3.63) is 35.5 Å². The van der Waals surface area contributed by atoms with Crippen molar-refractivity contribution < 1.29 is 13.7 Å². The maximum absolute atomic E-state index is 13.3. The quantitative estimate of drug-likeness (QED) is 0.795. The Morgan fingerprint density at radius 3 is 2.83 bits per heavy atom. The van der Waals surface area contributed by atoms with E-state index in [0.29, 0.717) is 35.8 Å². The number of likely N-dealkylation sites (N-methyl/N-ethyl adjacent to an activating group) is 1. The van der Waals surface area contributed by atoms with E-state index in [9.17, 15) is 9.18 Å². The second-order valence-corrected chi connectivity index (χ2v) is 5.47. The lowest BCUT2D eigenvalue weighted by atomic mass is 10.1. The van der Waals surface area contributed by atoms with Crippen LogP contribution in [0.3, 0.4) is 0 Å². The predicted octanol–water partition coefficient (Wildman–Crippen LogP) is 2.26. The van der Waals surface area contributed by atoms with Gasteiger partial charge < -0.3 is 15.2 Å². The number of benzene rings is 1. The molecule has 6 nitrogen and oxygen atoms in total. The topological polar surface area (TPSA) is 80.0 Å². The number of amides is 1. The molecule has 0 saturated carbocycles. The van der Waals surface area contributed by atoms with Crippen molar-refractivity contribution in [1.82, 2.24) is 20.8 Å².